The monoisotopic (exact) mass is 345 g/mol. The van der Waals surface area contributed by atoms with Crippen LogP contribution in [-0.4, -0.2) is 14.7 Å². The zero-order valence-corrected chi connectivity index (χ0v) is 13.5. The van der Waals surface area contributed by atoms with E-state index in [1.54, 1.807) is 14.0 Å². The van der Waals surface area contributed by atoms with E-state index in [2.05, 4.69) is 5.10 Å². The second-order valence-corrected chi connectivity index (χ2v) is 5.72. The molecule has 1 aliphatic rings. The average Bonchev–Trinajstić information content (AvgIpc) is 2.80. The molecular weight excluding hydrogens is 334 g/mol. The average molecular weight is 346 g/mol. The molecule has 1 aromatic heterocycles. The summed E-state index contributed by atoms with van der Waals surface area (Å²) >= 11 is 6.27. The number of aryl methyl sites for hydroxylation is 2. The standard InChI is InChI=1S/C15H12ClN5O3/c1-7-12-13(9-5-8(21(22)23)3-4-11(9)16)10(6-17)14(18)24-15(12)20(2)19-7/h3-5,13H,18H2,1-2H3. The van der Waals surface area contributed by atoms with Crippen LogP contribution in [0.2, 0.25) is 5.02 Å². The minimum absolute atomic E-state index is 0.0689. The van der Waals surface area contributed by atoms with Gasteiger partial charge < -0.3 is 10.5 Å². The minimum atomic E-state index is -0.681. The normalized spacial score (nSPS) is 16.3. The number of nitro benzene ring substituents is 1. The van der Waals surface area contributed by atoms with Gasteiger partial charge in [-0.2, -0.15) is 10.4 Å². The molecule has 1 aliphatic heterocycles. The molecule has 0 saturated heterocycles. The first kappa shape index (κ1) is 15.8. The van der Waals surface area contributed by atoms with Crippen LogP contribution in [-0.2, 0) is 7.05 Å². The SMILES string of the molecule is Cc1nn(C)c2c1C(c1cc([N+](=O)[O-])ccc1Cl)C(C#N)=C(N)O2. The van der Waals surface area contributed by atoms with E-state index in [1.807, 2.05) is 6.07 Å². The molecule has 0 spiro atoms. The molecule has 0 saturated carbocycles. The van der Waals surface area contributed by atoms with Crippen molar-refractivity contribution in [3.8, 4) is 11.9 Å². The summed E-state index contributed by atoms with van der Waals surface area (Å²) in [6.07, 6.45) is 0. The maximum absolute atomic E-state index is 11.1. The third kappa shape index (κ3) is 2.26. The van der Waals surface area contributed by atoms with Gasteiger partial charge in [0.05, 0.1) is 22.1 Å². The number of ether oxygens (including phenoxy) is 1. The van der Waals surface area contributed by atoms with E-state index >= 15 is 0 Å². The highest BCUT2D eigenvalue weighted by molar-refractivity contribution is 6.31. The zero-order chi connectivity index (χ0) is 17.6. The van der Waals surface area contributed by atoms with Crippen molar-refractivity contribution in [1.29, 1.82) is 5.26 Å². The number of allylic oxidation sites excluding steroid dienone is 1. The van der Waals surface area contributed by atoms with Crippen molar-refractivity contribution < 1.29 is 9.66 Å². The quantitative estimate of drug-likeness (QED) is 0.659. The number of rotatable bonds is 2. The lowest BCUT2D eigenvalue weighted by Gasteiger charge is -2.25. The summed E-state index contributed by atoms with van der Waals surface area (Å²) in [4.78, 5) is 10.6. The second kappa shape index (κ2) is 5.54. The van der Waals surface area contributed by atoms with Crippen molar-refractivity contribution in [3.05, 3.63) is 61.6 Å². The number of halogens is 1. The van der Waals surface area contributed by atoms with E-state index in [4.69, 9.17) is 22.1 Å². The molecule has 1 unspecified atom stereocenters. The third-order valence-electron chi connectivity index (χ3n) is 3.89. The Morgan fingerprint density at radius 3 is 2.88 bits per heavy atom. The molecule has 8 nitrogen and oxygen atoms in total. The number of nitrogens with zero attached hydrogens (tertiary/aromatic N) is 4. The number of aromatic nitrogens is 2. The Labute approximate surface area is 141 Å². The lowest BCUT2D eigenvalue weighted by atomic mass is 9.84. The van der Waals surface area contributed by atoms with E-state index in [-0.39, 0.29) is 17.1 Å². The Morgan fingerprint density at radius 1 is 1.54 bits per heavy atom. The van der Waals surface area contributed by atoms with Gasteiger partial charge in [0.15, 0.2) is 0 Å². The topological polar surface area (TPSA) is 120 Å². The highest BCUT2D eigenvalue weighted by atomic mass is 35.5. The summed E-state index contributed by atoms with van der Waals surface area (Å²) in [7, 11) is 1.68. The molecule has 24 heavy (non-hydrogen) atoms. The number of benzene rings is 1. The van der Waals surface area contributed by atoms with Gasteiger partial charge in [0.2, 0.25) is 11.8 Å². The summed E-state index contributed by atoms with van der Waals surface area (Å²) in [5, 5.41) is 25.2. The first-order chi connectivity index (χ1) is 11.3. The minimum Gasteiger partial charge on any atom is -0.422 e. The van der Waals surface area contributed by atoms with Gasteiger partial charge >= 0.3 is 0 Å². The predicted octanol–water partition coefficient (Wildman–Crippen LogP) is 2.51. The van der Waals surface area contributed by atoms with Gasteiger partial charge in [0.1, 0.15) is 11.6 Å². The highest BCUT2D eigenvalue weighted by Gasteiger charge is 2.36. The van der Waals surface area contributed by atoms with Crippen LogP contribution < -0.4 is 10.5 Å². The molecule has 2 heterocycles. The Balaban J connectivity index is 2.32. The van der Waals surface area contributed by atoms with Gasteiger partial charge in [-0.1, -0.05) is 11.6 Å². The summed E-state index contributed by atoms with van der Waals surface area (Å²) in [5.41, 5.74) is 7.54. The van der Waals surface area contributed by atoms with Crippen molar-refractivity contribution in [2.75, 3.05) is 0 Å². The summed E-state index contributed by atoms with van der Waals surface area (Å²) in [5.74, 6) is -0.364. The van der Waals surface area contributed by atoms with Crippen molar-refractivity contribution in [2.45, 2.75) is 12.8 Å². The van der Waals surface area contributed by atoms with Crippen LogP contribution in [0.5, 0.6) is 5.88 Å². The molecule has 122 valence electrons. The fourth-order valence-corrected chi connectivity index (χ4v) is 3.08. The van der Waals surface area contributed by atoms with Gasteiger partial charge in [-0.05, 0) is 18.6 Å². The van der Waals surface area contributed by atoms with Gasteiger partial charge in [-0.25, -0.2) is 4.68 Å². The number of fused-ring (bicyclic) bond motifs is 1. The second-order valence-electron chi connectivity index (χ2n) is 5.32. The number of hydrogen-bond acceptors (Lipinski definition) is 6. The van der Waals surface area contributed by atoms with E-state index in [0.717, 1.165) is 0 Å². The van der Waals surface area contributed by atoms with E-state index in [9.17, 15) is 15.4 Å². The molecule has 2 aromatic rings. The molecule has 1 atom stereocenters. The maximum Gasteiger partial charge on any atom is 0.269 e. The molecule has 0 fully saturated rings. The van der Waals surface area contributed by atoms with Crippen LogP contribution in [0.3, 0.4) is 0 Å². The fourth-order valence-electron chi connectivity index (χ4n) is 2.85. The number of nitriles is 1. The largest absolute Gasteiger partial charge is 0.422 e. The fraction of sp³-hybridized carbons (Fsp3) is 0.200. The van der Waals surface area contributed by atoms with Crippen molar-refractivity contribution >= 4 is 17.3 Å². The zero-order valence-electron chi connectivity index (χ0n) is 12.8. The van der Waals surface area contributed by atoms with Crippen molar-refractivity contribution in [1.82, 2.24) is 9.78 Å². The number of hydrogen-bond donors (Lipinski definition) is 1. The maximum atomic E-state index is 11.1. The van der Waals surface area contributed by atoms with E-state index < -0.39 is 10.8 Å². The summed E-state index contributed by atoms with van der Waals surface area (Å²) in [6.45, 7) is 1.76. The molecule has 1 aromatic carbocycles. The van der Waals surface area contributed by atoms with Gasteiger partial charge in [-0.3, -0.25) is 10.1 Å². The van der Waals surface area contributed by atoms with Crippen LogP contribution >= 0.6 is 11.6 Å². The van der Waals surface area contributed by atoms with Crippen LogP contribution in [0, 0.1) is 28.4 Å². The van der Waals surface area contributed by atoms with Crippen molar-refractivity contribution in [3.63, 3.8) is 0 Å². The lowest BCUT2D eigenvalue weighted by molar-refractivity contribution is -0.384. The first-order valence-corrected chi connectivity index (χ1v) is 7.27. The number of nitrogens with two attached hydrogens (primary N) is 1. The molecular formula is C15H12ClN5O3. The lowest BCUT2D eigenvalue weighted by Crippen LogP contribution is -2.22. The molecule has 0 bridgehead atoms. The van der Waals surface area contributed by atoms with Crippen LogP contribution in [0.4, 0.5) is 5.69 Å². The van der Waals surface area contributed by atoms with E-state index in [0.29, 0.717) is 27.7 Å². The highest BCUT2D eigenvalue weighted by Crippen LogP contribution is 2.46. The van der Waals surface area contributed by atoms with Crippen LogP contribution in [0.15, 0.2) is 29.7 Å². The Morgan fingerprint density at radius 2 is 2.25 bits per heavy atom. The molecule has 3 rings (SSSR count). The number of nitro groups is 1. The molecule has 0 radical (unpaired) electrons. The summed E-state index contributed by atoms with van der Waals surface area (Å²) < 4.78 is 7.02. The van der Waals surface area contributed by atoms with Crippen LogP contribution in [0.25, 0.3) is 0 Å². The van der Waals surface area contributed by atoms with Gasteiger partial charge in [-0.15, -0.1) is 0 Å². The molecule has 0 amide bonds. The molecule has 9 heteroatoms. The smallest absolute Gasteiger partial charge is 0.269 e. The summed E-state index contributed by atoms with van der Waals surface area (Å²) in [6, 6.07) is 6.10. The Kier molecular flexibility index (Phi) is 3.66. The van der Waals surface area contributed by atoms with Crippen molar-refractivity contribution in [2.24, 2.45) is 12.8 Å². The van der Waals surface area contributed by atoms with Gasteiger partial charge in [0, 0.05) is 24.2 Å². The van der Waals surface area contributed by atoms with Gasteiger partial charge in [0.25, 0.3) is 5.69 Å². The molecule has 0 aliphatic carbocycles. The van der Waals surface area contributed by atoms with E-state index in [1.165, 1.54) is 22.9 Å². The predicted molar refractivity (Wildman–Crippen MR) is 85.3 cm³/mol. The first-order valence-electron chi connectivity index (χ1n) is 6.90. The molecule has 2 N–H and O–H groups in total. The Bertz CT molecular complexity index is 941. The third-order valence-corrected chi connectivity index (χ3v) is 4.23. The number of non-ortho nitro benzene ring substituents is 1. The Hall–Kier alpha value is -3.05. The van der Waals surface area contributed by atoms with Crippen LogP contribution in [0.1, 0.15) is 22.7 Å².